The Morgan fingerprint density at radius 1 is 1.47 bits per heavy atom. The predicted octanol–water partition coefficient (Wildman–Crippen LogP) is 3.29. The van der Waals surface area contributed by atoms with Crippen LogP contribution >= 0.6 is 50.1 Å². The third kappa shape index (κ3) is 3.34. The van der Waals surface area contributed by atoms with Gasteiger partial charge in [-0.2, -0.15) is 0 Å². The highest BCUT2D eigenvalue weighted by atomic mass is 127. The SMILES string of the molecule is CCS(=O)(=O)[C@](Br)(I)[C@@H](O)c1ccc(Cl)cc1. The van der Waals surface area contributed by atoms with Crippen LogP contribution in [0.3, 0.4) is 0 Å². The molecule has 0 spiro atoms. The van der Waals surface area contributed by atoms with Gasteiger partial charge in [0.1, 0.15) is 6.10 Å². The number of aliphatic hydroxyl groups is 1. The standard InChI is InChI=1S/C10H11BrClIO3S/c1-2-17(15,16)10(11,13)9(14)7-3-5-8(12)6-4-7/h3-6,9,14H,2H2,1H3/t9-,10+/m0/s1. The van der Waals surface area contributed by atoms with Gasteiger partial charge >= 0.3 is 0 Å². The zero-order chi connectivity index (χ0) is 13.3. The van der Waals surface area contributed by atoms with E-state index in [1.165, 1.54) is 0 Å². The highest BCUT2D eigenvalue weighted by Crippen LogP contribution is 2.45. The first-order chi connectivity index (χ1) is 7.72. The second-order valence-corrected chi connectivity index (χ2v) is 12.0. The number of rotatable bonds is 4. The third-order valence-corrected chi connectivity index (χ3v) is 8.88. The van der Waals surface area contributed by atoms with Crippen molar-refractivity contribution in [3.63, 3.8) is 0 Å². The second-order valence-electron chi connectivity index (χ2n) is 3.42. The van der Waals surface area contributed by atoms with Crippen LogP contribution in [0.5, 0.6) is 0 Å². The van der Waals surface area contributed by atoms with Crippen molar-refractivity contribution in [1.29, 1.82) is 0 Å². The lowest BCUT2D eigenvalue weighted by atomic mass is 10.1. The fraction of sp³-hybridized carbons (Fsp3) is 0.400. The van der Waals surface area contributed by atoms with Gasteiger partial charge in [0.2, 0.25) is 1.66 Å². The molecule has 0 aliphatic heterocycles. The maximum absolute atomic E-state index is 11.9. The number of hydrogen-bond donors (Lipinski definition) is 1. The summed E-state index contributed by atoms with van der Waals surface area (Å²) in [6.45, 7) is 1.54. The molecule has 0 fully saturated rings. The van der Waals surface area contributed by atoms with Gasteiger partial charge in [-0.05, 0) is 40.3 Å². The number of alkyl halides is 2. The molecule has 0 unspecified atom stereocenters. The van der Waals surface area contributed by atoms with Crippen LogP contribution in [0.4, 0.5) is 0 Å². The molecule has 96 valence electrons. The van der Waals surface area contributed by atoms with Crippen molar-refractivity contribution >= 4 is 60.0 Å². The summed E-state index contributed by atoms with van der Waals surface area (Å²) in [7, 11) is -3.43. The number of sulfone groups is 1. The van der Waals surface area contributed by atoms with E-state index in [2.05, 4.69) is 15.9 Å². The van der Waals surface area contributed by atoms with Crippen LogP contribution in [0.15, 0.2) is 24.3 Å². The average molecular weight is 454 g/mol. The van der Waals surface area contributed by atoms with E-state index in [1.54, 1.807) is 53.8 Å². The van der Waals surface area contributed by atoms with Gasteiger partial charge in [-0.1, -0.05) is 46.6 Å². The molecule has 0 saturated heterocycles. The van der Waals surface area contributed by atoms with Gasteiger partial charge in [0, 0.05) is 10.8 Å². The lowest BCUT2D eigenvalue weighted by Crippen LogP contribution is -2.33. The maximum atomic E-state index is 11.9. The number of benzene rings is 1. The van der Waals surface area contributed by atoms with Crippen LogP contribution in [-0.2, 0) is 9.84 Å². The Hall–Kier alpha value is 0.630. The molecule has 0 heterocycles. The minimum absolute atomic E-state index is 0.0498. The zero-order valence-electron chi connectivity index (χ0n) is 8.90. The third-order valence-electron chi connectivity index (χ3n) is 2.30. The van der Waals surface area contributed by atoms with Gasteiger partial charge in [-0.15, -0.1) is 0 Å². The van der Waals surface area contributed by atoms with Gasteiger partial charge in [0.25, 0.3) is 0 Å². The first-order valence-corrected chi connectivity index (χ1v) is 8.66. The van der Waals surface area contributed by atoms with Crippen molar-refractivity contribution in [1.82, 2.24) is 0 Å². The molecule has 1 aromatic rings. The lowest BCUT2D eigenvalue weighted by molar-refractivity contribution is 0.191. The molecule has 0 amide bonds. The molecular formula is C10H11BrClIO3S. The van der Waals surface area contributed by atoms with Crippen LogP contribution in [0.1, 0.15) is 18.6 Å². The van der Waals surface area contributed by atoms with Crippen molar-refractivity contribution in [2.24, 2.45) is 0 Å². The Kier molecular flexibility index (Phi) is 5.29. The van der Waals surface area contributed by atoms with Crippen LogP contribution < -0.4 is 0 Å². The summed E-state index contributed by atoms with van der Waals surface area (Å²) in [5.41, 5.74) is 0.498. The van der Waals surface area contributed by atoms with E-state index in [4.69, 9.17) is 11.6 Å². The van der Waals surface area contributed by atoms with Crippen LogP contribution in [-0.4, -0.2) is 20.9 Å². The summed E-state index contributed by atoms with van der Waals surface area (Å²) >= 11 is 10.5. The van der Waals surface area contributed by atoms with Crippen LogP contribution in [0.2, 0.25) is 5.02 Å². The first-order valence-electron chi connectivity index (χ1n) is 4.76. The largest absolute Gasteiger partial charge is 0.385 e. The van der Waals surface area contributed by atoms with E-state index in [1.807, 2.05) is 0 Å². The van der Waals surface area contributed by atoms with Crippen molar-refractivity contribution in [3.05, 3.63) is 34.9 Å². The normalized spacial score (nSPS) is 17.5. The highest BCUT2D eigenvalue weighted by molar-refractivity contribution is 14.1. The molecule has 1 rings (SSSR count). The second kappa shape index (κ2) is 5.73. The molecule has 1 aromatic carbocycles. The van der Waals surface area contributed by atoms with Crippen LogP contribution in [0.25, 0.3) is 0 Å². The summed E-state index contributed by atoms with van der Waals surface area (Å²) in [5.74, 6) is -0.0498. The fourth-order valence-electron chi connectivity index (χ4n) is 1.20. The van der Waals surface area contributed by atoms with Crippen molar-refractivity contribution in [2.45, 2.75) is 14.7 Å². The average Bonchev–Trinajstić information content (AvgIpc) is 2.28. The monoisotopic (exact) mass is 452 g/mol. The number of halogens is 3. The van der Waals surface area contributed by atoms with Gasteiger partial charge in [-0.25, -0.2) is 8.42 Å². The summed E-state index contributed by atoms with van der Waals surface area (Å²) < 4.78 is 22.3. The molecule has 3 nitrogen and oxygen atoms in total. The molecule has 2 atom stereocenters. The molecule has 0 saturated carbocycles. The molecule has 17 heavy (non-hydrogen) atoms. The molecule has 0 radical (unpaired) electrons. The summed E-state index contributed by atoms with van der Waals surface area (Å²) in [6.07, 6.45) is -1.16. The van der Waals surface area contributed by atoms with E-state index in [-0.39, 0.29) is 5.75 Å². The molecule has 0 bridgehead atoms. The van der Waals surface area contributed by atoms with Gasteiger partial charge in [0.15, 0.2) is 9.84 Å². The molecular weight excluding hydrogens is 442 g/mol. The molecule has 1 N–H and O–H groups in total. The highest BCUT2D eigenvalue weighted by Gasteiger charge is 2.44. The molecule has 0 aliphatic carbocycles. The Bertz CT molecular complexity index is 487. The maximum Gasteiger partial charge on any atom is 0.207 e. The van der Waals surface area contributed by atoms with E-state index in [0.717, 1.165) is 0 Å². The minimum atomic E-state index is -3.43. The van der Waals surface area contributed by atoms with Crippen LogP contribution in [0, 0.1) is 0 Å². The minimum Gasteiger partial charge on any atom is -0.385 e. The molecule has 0 aromatic heterocycles. The Morgan fingerprint density at radius 2 is 1.94 bits per heavy atom. The van der Waals surface area contributed by atoms with E-state index < -0.39 is 17.6 Å². The van der Waals surface area contributed by atoms with Crippen molar-refractivity contribution < 1.29 is 13.5 Å². The van der Waals surface area contributed by atoms with E-state index >= 15 is 0 Å². The number of aliphatic hydroxyl groups excluding tert-OH is 1. The predicted molar refractivity (Wildman–Crippen MR) is 81.6 cm³/mol. The Balaban J connectivity index is 3.12. The summed E-state index contributed by atoms with van der Waals surface area (Å²) in [4.78, 5) is 0. The smallest absolute Gasteiger partial charge is 0.207 e. The fourth-order valence-corrected chi connectivity index (χ4v) is 4.43. The van der Waals surface area contributed by atoms with Crippen molar-refractivity contribution in [3.8, 4) is 0 Å². The van der Waals surface area contributed by atoms with E-state index in [0.29, 0.717) is 10.6 Å². The van der Waals surface area contributed by atoms with E-state index in [9.17, 15) is 13.5 Å². The molecule has 7 heteroatoms. The summed E-state index contributed by atoms with van der Waals surface area (Å²) in [5, 5.41) is 10.7. The lowest BCUT2D eigenvalue weighted by Gasteiger charge is -2.26. The Morgan fingerprint density at radius 3 is 2.35 bits per heavy atom. The molecule has 0 aliphatic rings. The van der Waals surface area contributed by atoms with Gasteiger partial charge in [0.05, 0.1) is 0 Å². The Labute approximate surface area is 128 Å². The van der Waals surface area contributed by atoms with Crippen molar-refractivity contribution in [2.75, 3.05) is 5.75 Å². The topological polar surface area (TPSA) is 54.4 Å². The van der Waals surface area contributed by atoms with Gasteiger partial charge in [-0.3, -0.25) is 0 Å². The quantitative estimate of drug-likeness (QED) is 0.562. The van der Waals surface area contributed by atoms with Gasteiger partial charge < -0.3 is 5.11 Å². The number of hydrogen-bond acceptors (Lipinski definition) is 3. The summed E-state index contributed by atoms with van der Waals surface area (Å²) in [6, 6.07) is 6.43. The zero-order valence-corrected chi connectivity index (χ0v) is 14.2. The first kappa shape index (κ1) is 15.7.